The Balaban J connectivity index is 2.33. The Morgan fingerprint density at radius 1 is 1.67 bits per heavy atom. The summed E-state index contributed by atoms with van der Waals surface area (Å²) in [7, 11) is 1.66. The molecular formula is C8H12N2O2. The lowest BCUT2D eigenvalue weighted by atomic mass is 10.5. The van der Waals surface area contributed by atoms with E-state index in [-0.39, 0.29) is 6.61 Å². The Morgan fingerprint density at radius 3 is 3.08 bits per heavy atom. The third kappa shape index (κ3) is 2.86. The molecule has 1 rings (SSSR count). The van der Waals surface area contributed by atoms with E-state index < -0.39 is 6.23 Å². The van der Waals surface area contributed by atoms with Crippen LogP contribution in [0.3, 0.4) is 0 Å². The van der Waals surface area contributed by atoms with Crippen LogP contribution >= 0.6 is 0 Å². The molecule has 12 heavy (non-hydrogen) atoms. The van der Waals surface area contributed by atoms with Gasteiger partial charge in [-0.05, 0) is 13.1 Å². The smallest absolute Gasteiger partial charge is 0.213 e. The van der Waals surface area contributed by atoms with Crippen LogP contribution in [-0.4, -0.2) is 30.0 Å². The maximum absolute atomic E-state index is 9.06. The van der Waals surface area contributed by atoms with Crippen LogP contribution in [0.2, 0.25) is 0 Å². The SMILES string of the molecule is CNC(O)COc1ccccn1. The minimum absolute atomic E-state index is 0.202. The lowest BCUT2D eigenvalue weighted by Gasteiger charge is -2.09. The predicted octanol–water partition coefficient (Wildman–Crippen LogP) is -0.00180. The van der Waals surface area contributed by atoms with Gasteiger partial charge in [-0.1, -0.05) is 6.07 Å². The molecule has 66 valence electrons. The third-order valence-electron chi connectivity index (χ3n) is 1.36. The lowest BCUT2D eigenvalue weighted by molar-refractivity contribution is 0.0837. The highest BCUT2D eigenvalue weighted by atomic mass is 16.5. The van der Waals surface area contributed by atoms with Gasteiger partial charge in [0.25, 0.3) is 0 Å². The van der Waals surface area contributed by atoms with Gasteiger partial charge in [0, 0.05) is 12.3 Å². The zero-order valence-corrected chi connectivity index (χ0v) is 6.90. The maximum Gasteiger partial charge on any atom is 0.213 e. The first-order valence-electron chi connectivity index (χ1n) is 3.72. The van der Waals surface area contributed by atoms with Crippen molar-refractivity contribution < 1.29 is 9.84 Å². The summed E-state index contributed by atoms with van der Waals surface area (Å²) < 4.78 is 5.14. The molecule has 1 atom stereocenters. The van der Waals surface area contributed by atoms with E-state index in [1.165, 1.54) is 0 Å². The van der Waals surface area contributed by atoms with Crippen LogP contribution in [-0.2, 0) is 0 Å². The zero-order valence-electron chi connectivity index (χ0n) is 6.90. The number of nitrogens with one attached hydrogen (secondary N) is 1. The second-order valence-corrected chi connectivity index (χ2v) is 2.28. The number of aliphatic hydroxyl groups is 1. The van der Waals surface area contributed by atoms with E-state index in [0.717, 1.165) is 0 Å². The topological polar surface area (TPSA) is 54.4 Å². The Hall–Kier alpha value is -1.13. The van der Waals surface area contributed by atoms with Gasteiger partial charge in [-0.15, -0.1) is 0 Å². The van der Waals surface area contributed by atoms with Crippen LogP contribution in [0, 0.1) is 0 Å². The molecule has 0 saturated carbocycles. The minimum Gasteiger partial charge on any atom is -0.473 e. The van der Waals surface area contributed by atoms with Crippen molar-refractivity contribution in [3.05, 3.63) is 24.4 Å². The highest BCUT2D eigenvalue weighted by molar-refractivity contribution is 5.08. The Kier molecular flexibility index (Phi) is 3.50. The van der Waals surface area contributed by atoms with Crippen molar-refractivity contribution in [1.82, 2.24) is 10.3 Å². The summed E-state index contributed by atoms with van der Waals surface area (Å²) in [6.07, 6.45) is 0.994. The molecule has 0 bridgehead atoms. The summed E-state index contributed by atoms with van der Waals surface area (Å²) in [6, 6.07) is 5.37. The number of pyridine rings is 1. The molecule has 0 spiro atoms. The fourth-order valence-electron chi connectivity index (χ4n) is 0.680. The normalized spacial score (nSPS) is 12.5. The molecule has 0 aliphatic rings. The van der Waals surface area contributed by atoms with Crippen molar-refractivity contribution in [1.29, 1.82) is 0 Å². The van der Waals surface area contributed by atoms with Crippen molar-refractivity contribution in [2.45, 2.75) is 6.23 Å². The molecule has 0 saturated heterocycles. The maximum atomic E-state index is 9.06. The summed E-state index contributed by atoms with van der Waals surface area (Å²) in [5.41, 5.74) is 0. The summed E-state index contributed by atoms with van der Waals surface area (Å²) in [4.78, 5) is 3.92. The molecule has 0 radical (unpaired) electrons. The van der Waals surface area contributed by atoms with Gasteiger partial charge >= 0.3 is 0 Å². The van der Waals surface area contributed by atoms with Crippen molar-refractivity contribution in [3.8, 4) is 5.88 Å². The van der Waals surface area contributed by atoms with Crippen LogP contribution in [0.25, 0.3) is 0 Å². The number of ether oxygens (including phenoxy) is 1. The Bertz CT molecular complexity index is 216. The number of hydrogen-bond acceptors (Lipinski definition) is 4. The molecule has 1 aromatic rings. The average molecular weight is 168 g/mol. The summed E-state index contributed by atoms with van der Waals surface area (Å²) >= 11 is 0. The van der Waals surface area contributed by atoms with E-state index in [9.17, 15) is 0 Å². The molecule has 2 N–H and O–H groups in total. The van der Waals surface area contributed by atoms with Crippen LogP contribution < -0.4 is 10.1 Å². The van der Waals surface area contributed by atoms with Gasteiger partial charge in [0.15, 0.2) is 0 Å². The van der Waals surface area contributed by atoms with E-state index in [0.29, 0.717) is 5.88 Å². The van der Waals surface area contributed by atoms with Gasteiger partial charge in [-0.3, -0.25) is 5.32 Å². The molecule has 1 aromatic heterocycles. The highest BCUT2D eigenvalue weighted by Gasteiger charge is 2.00. The first-order chi connectivity index (χ1) is 5.83. The minimum atomic E-state index is -0.646. The summed E-state index contributed by atoms with van der Waals surface area (Å²) in [5, 5.41) is 11.7. The second-order valence-electron chi connectivity index (χ2n) is 2.28. The monoisotopic (exact) mass is 168 g/mol. The molecule has 0 aliphatic carbocycles. The number of hydrogen-bond donors (Lipinski definition) is 2. The van der Waals surface area contributed by atoms with Crippen molar-refractivity contribution in [2.24, 2.45) is 0 Å². The fourth-order valence-corrected chi connectivity index (χ4v) is 0.680. The Labute approximate surface area is 71.2 Å². The number of aliphatic hydroxyl groups excluding tert-OH is 1. The van der Waals surface area contributed by atoms with Crippen LogP contribution in [0.1, 0.15) is 0 Å². The first-order valence-corrected chi connectivity index (χ1v) is 3.72. The van der Waals surface area contributed by atoms with E-state index >= 15 is 0 Å². The fraction of sp³-hybridized carbons (Fsp3) is 0.375. The van der Waals surface area contributed by atoms with Gasteiger partial charge in [0.2, 0.25) is 5.88 Å². The summed E-state index contributed by atoms with van der Waals surface area (Å²) in [5.74, 6) is 0.520. The van der Waals surface area contributed by atoms with E-state index in [1.54, 1.807) is 25.4 Å². The van der Waals surface area contributed by atoms with Gasteiger partial charge in [0.1, 0.15) is 12.8 Å². The third-order valence-corrected chi connectivity index (χ3v) is 1.36. The molecular weight excluding hydrogens is 156 g/mol. The van der Waals surface area contributed by atoms with Gasteiger partial charge < -0.3 is 9.84 Å². The standard InChI is InChI=1S/C8H12N2O2/c1-9-7(11)6-12-8-4-2-3-5-10-8/h2-5,7,9,11H,6H2,1H3. The average Bonchev–Trinajstić information content (AvgIpc) is 2.16. The van der Waals surface area contributed by atoms with Gasteiger partial charge in [-0.25, -0.2) is 4.98 Å². The number of nitrogens with zero attached hydrogens (tertiary/aromatic N) is 1. The molecule has 0 fully saturated rings. The predicted molar refractivity (Wildman–Crippen MR) is 44.8 cm³/mol. The first kappa shape index (κ1) is 8.96. The summed E-state index contributed by atoms with van der Waals surface area (Å²) in [6.45, 7) is 0.202. The van der Waals surface area contributed by atoms with E-state index in [4.69, 9.17) is 9.84 Å². The molecule has 0 aromatic carbocycles. The highest BCUT2D eigenvalue weighted by Crippen LogP contribution is 2.02. The van der Waals surface area contributed by atoms with Crippen molar-refractivity contribution in [3.63, 3.8) is 0 Å². The number of rotatable bonds is 4. The number of aromatic nitrogens is 1. The van der Waals surface area contributed by atoms with Gasteiger partial charge in [-0.2, -0.15) is 0 Å². The van der Waals surface area contributed by atoms with Crippen molar-refractivity contribution in [2.75, 3.05) is 13.7 Å². The van der Waals surface area contributed by atoms with Crippen LogP contribution in [0.4, 0.5) is 0 Å². The molecule has 4 heteroatoms. The van der Waals surface area contributed by atoms with E-state index in [2.05, 4.69) is 10.3 Å². The van der Waals surface area contributed by atoms with Crippen molar-refractivity contribution >= 4 is 0 Å². The molecule has 1 heterocycles. The molecule has 1 unspecified atom stereocenters. The van der Waals surface area contributed by atoms with Crippen LogP contribution in [0.15, 0.2) is 24.4 Å². The Morgan fingerprint density at radius 2 is 2.50 bits per heavy atom. The molecule has 4 nitrogen and oxygen atoms in total. The lowest BCUT2D eigenvalue weighted by Crippen LogP contribution is -2.31. The second kappa shape index (κ2) is 4.69. The van der Waals surface area contributed by atoms with Gasteiger partial charge in [0.05, 0.1) is 0 Å². The number of likely N-dealkylation sites (N-methyl/N-ethyl adjacent to an activating group) is 1. The largest absolute Gasteiger partial charge is 0.473 e. The van der Waals surface area contributed by atoms with E-state index in [1.807, 2.05) is 6.07 Å². The zero-order chi connectivity index (χ0) is 8.81. The quantitative estimate of drug-likeness (QED) is 0.621. The van der Waals surface area contributed by atoms with Crippen LogP contribution in [0.5, 0.6) is 5.88 Å². The molecule has 0 aliphatic heterocycles. The molecule has 0 amide bonds.